The maximum Gasteiger partial charge on any atom is 0.303 e. The van der Waals surface area contributed by atoms with Gasteiger partial charge < -0.3 is 52.8 Å². The number of aliphatic carboxylic acids is 1. The van der Waals surface area contributed by atoms with Gasteiger partial charge in [-0.3, -0.25) is 28.8 Å². The molecule has 1 fully saturated rings. The summed E-state index contributed by atoms with van der Waals surface area (Å²) >= 11 is 0. The summed E-state index contributed by atoms with van der Waals surface area (Å²) in [4.78, 5) is 79.3. The van der Waals surface area contributed by atoms with Crippen molar-refractivity contribution in [2.24, 2.45) is 11.5 Å². The van der Waals surface area contributed by atoms with Crippen LogP contribution in [0.3, 0.4) is 0 Å². The molecule has 0 spiro atoms. The third-order valence-electron chi connectivity index (χ3n) is 8.38. The van der Waals surface area contributed by atoms with Gasteiger partial charge in [0.15, 0.2) is 5.82 Å². The monoisotopic (exact) mass is 699 g/mol. The van der Waals surface area contributed by atoms with Crippen LogP contribution in [-0.4, -0.2) is 113 Å². The Kier molecular flexibility index (Phi) is 13.4. The summed E-state index contributed by atoms with van der Waals surface area (Å²) in [6.45, 7) is 4.97. The summed E-state index contributed by atoms with van der Waals surface area (Å²) in [5, 5.41) is 31.4. The first kappa shape index (κ1) is 37.5. The van der Waals surface area contributed by atoms with Crippen LogP contribution < -0.4 is 47.7 Å². The van der Waals surface area contributed by atoms with Crippen LogP contribution in [-0.2, 0) is 24.0 Å². The van der Waals surface area contributed by atoms with Gasteiger partial charge >= 0.3 is 5.97 Å². The molecule has 3 heterocycles. The van der Waals surface area contributed by atoms with Crippen molar-refractivity contribution in [3.05, 3.63) is 30.0 Å². The van der Waals surface area contributed by atoms with E-state index in [4.69, 9.17) is 16.2 Å². The summed E-state index contributed by atoms with van der Waals surface area (Å²) in [7, 11) is 0. The first-order valence-corrected chi connectivity index (χ1v) is 16.5. The lowest BCUT2D eigenvalue weighted by Crippen LogP contribution is -2.56. The second-order valence-electron chi connectivity index (χ2n) is 12.1. The van der Waals surface area contributed by atoms with Crippen molar-refractivity contribution in [3.8, 4) is 5.75 Å². The van der Waals surface area contributed by atoms with Gasteiger partial charge in [-0.2, -0.15) is 0 Å². The molecule has 1 aromatic heterocycles. The minimum Gasteiger partial charge on any atom is -0.493 e. The number of carboxylic acids is 1. The van der Waals surface area contributed by atoms with Crippen molar-refractivity contribution in [2.45, 2.75) is 69.6 Å². The van der Waals surface area contributed by atoms with Crippen LogP contribution in [0.25, 0.3) is 0 Å². The van der Waals surface area contributed by atoms with E-state index in [0.29, 0.717) is 25.2 Å². The predicted molar refractivity (Wildman–Crippen MR) is 179 cm³/mol. The number of unbranched alkanes of at least 4 members (excludes halogenated alkanes) is 1. The lowest BCUT2D eigenvalue weighted by molar-refractivity contribution is -0.137. The summed E-state index contributed by atoms with van der Waals surface area (Å²) < 4.78 is 7.28. The number of fused-ring (bicyclic) bond motifs is 1. The van der Waals surface area contributed by atoms with Crippen molar-refractivity contribution in [2.75, 3.05) is 49.5 Å². The molecule has 10 N–H and O–H groups in total. The fourth-order valence-electron chi connectivity index (χ4n) is 5.42. The summed E-state index contributed by atoms with van der Waals surface area (Å²) in [6, 6.07) is -0.162. The fourth-order valence-corrected chi connectivity index (χ4v) is 5.42. The number of benzene rings is 1. The predicted octanol–water partition coefficient (Wildman–Crippen LogP) is -1.78. The average Bonchev–Trinajstić information content (AvgIpc) is 3.59. The number of rotatable bonds is 12. The van der Waals surface area contributed by atoms with Crippen LogP contribution in [0.1, 0.15) is 61.8 Å². The van der Waals surface area contributed by atoms with Gasteiger partial charge in [-0.25, -0.2) is 4.68 Å². The number of hydrogen-bond acceptors (Lipinski definition) is 12. The van der Waals surface area contributed by atoms with E-state index in [1.165, 1.54) is 22.9 Å². The molecule has 0 saturated carbocycles. The molecule has 4 rings (SSSR count). The quantitative estimate of drug-likeness (QED) is 0.114. The third-order valence-corrected chi connectivity index (χ3v) is 8.38. The van der Waals surface area contributed by atoms with Crippen LogP contribution in [0.4, 0.5) is 11.5 Å². The molecule has 0 radical (unpaired) electrons. The van der Waals surface area contributed by atoms with Gasteiger partial charge in [-0.1, -0.05) is 5.21 Å². The van der Waals surface area contributed by atoms with Gasteiger partial charge in [0.2, 0.25) is 23.6 Å². The fraction of sp³-hybridized carbons (Fsp3) is 0.548. The van der Waals surface area contributed by atoms with Gasteiger partial charge in [-0.15, -0.1) is 5.10 Å². The number of hydrogen-bond donors (Lipinski definition) is 8. The highest BCUT2D eigenvalue weighted by Gasteiger charge is 2.31. The number of carboxylic acid groups (broad SMARTS) is 1. The molecule has 1 saturated heterocycles. The van der Waals surface area contributed by atoms with Gasteiger partial charge in [0.05, 0.1) is 18.4 Å². The normalized spacial score (nSPS) is 21.0. The first-order valence-electron chi connectivity index (χ1n) is 16.5. The molecule has 2 aliphatic rings. The summed E-state index contributed by atoms with van der Waals surface area (Å²) in [5.41, 5.74) is 11.3. The minimum absolute atomic E-state index is 0.0362. The SMILES string of the molecule is C[C@@H](C(=O)Nc1ccc2c(c1)C(=O)N[C@@H](CCC(=O)O)C(=O)N[C@@H](CCCCN)C(=O)N[C@H](C(N)=O)CCO2)n1cc(N2CCNCC2)nn1. The highest BCUT2D eigenvalue weighted by Crippen LogP contribution is 2.25. The second kappa shape index (κ2) is 17.9. The van der Waals surface area contributed by atoms with Crippen LogP contribution in [0.5, 0.6) is 5.75 Å². The number of nitrogens with two attached hydrogens (primary N) is 2. The third kappa shape index (κ3) is 10.3. The zero-order valence-electron chi connectivity index (χ0n) is 27.9. The Bertz CT molecular complexity index is 1540. The van der Waals surface area contributed by atoms with E-state index in [1.807, 2.05) is 0 Å². The van der Waals surface area contributed by atoms with E-state index in [0.717, 1.165) is 26.2 Å². The highest BCUT2D eigenvalue weighted by atomic mass is 16.5. The van der Waals surface area contributed by atoms with Gasteiger partial charge in [0.25, 0.3) is 5.91 Å². The maximum atomic E-state index is 13.7. The summed E-state index contributed by atoms with van der Waals surface area (Å²) in [6.07, 6.45) is 2.03. The van der Waals surface area contributed by atoms with Crippen molar-refractivity contribution < 1.29 is 38.6 Å². The molecular weight excluding hydrogens is 654 g/mol. The molecule has 19 heteroatoms. The van der Waals surface area contributed by atoms with E-state index in [9.17, 15) is 33.9 Å². The number of anilines is 2. The average molecular weight is 700 g/mol. The Morgan fingerprint density at radius 2 is 1.78 bits per heavy atom. The molecule has 2 aliphatic heterocycles. The van der Waals surface area contributed by atoms with E-state index in [-0.39, 0.29) is 42.9 Å². The van der Waals surface area contributed by atoms with Crippen molar-refractivity contribution in [1.29, 1.82) is 0 Å². The van der Waals surface area contributed by atoms with Crippen LogP contribution >= 0.6 is 0 Å². The highest BCUT2D eigenvalue weighted by molar-refractivity contribution is 6.02. The second-order valence-corrected chi connectivity index (χ2v) is 12.1. The molecule has 0 unspecified atom stereocenters. The standard InChI is InChI=1S/C31H45N11O8/c1-18(42-17-25(39-40-42)41-13-11-34-12-14-41)28(46)35-19-5-7-24-20(16-19)29(47)37-23(6-8-26(43)44)31(49)38-22(4-2-3-10-32)30(48)36-21(27(33)45)9-15-50-24/h5,7,16-18,21-23,34H,2-4,6,8-15,32H2,1H3,(H2,33,45)(H,35,46)(H,36,48)(H,37,47)(H,38,49)(H,43,44)/t18-,21-,22-,23-/m0/s1. The zero-order chi connectivity index (χ0) is 36.2. The number of nitrogens with zero attached hydrogens (tertiary/aromatic N) is 4. The molecule has 1 aromatic carbocycles. The Hall–Kier alpha value is -5.30. The number of aromatic nitrogens is 3. The van der Waals surface area contributed by atoms with Crippen LogP contribution in [0.15, 0.2) is 24.4 Å². The van der Waals surface area contributed by atoms with Gasteiger partial charge in [0, 0.05) is 44.7 Å². The van der Waals surface area contributed by atoms with Gasteiger partial charge in [0.1, 0.15) is 29.9 Å². The number of carbonyl (C=O) groups is 6. The topological polar surface area (TPSA) is 278 Å². The van der Waals surface area contributed by atoms with E-state index in [1.54, 1.807) is 13.1 Å². The number of carbonyl (C=O) groups excluding carboxylic acids is 5. The number of piperazine rings is 1. The molecule has 4 atom stereocenters. The van der Waals surface area contributed by atoms with Crippen molar-refractivity contribution in [1.82, 2.24) is 36.3 Å². The van der Waals surface area contributed by atoms with Crippen molar-refractivity contribution >= 4 is 47.0 Å². The number of amides is 5. The summed E-state index contributed by atoms with van der Waals surface area (Å²) in [5.74, 6) is -4.11. The number of nitrogens with one attached hydrogen (secondary N) is 5. The molecule has 50 heavy (non-hydrogen) atoms. The lowest BCUT2D eigenvalue weighted by Gasteiger charge is -2.26. The largest absolute Gasteiger partial charge is 0.493 e. The molecule has 19 nitrogen and oxygen atoms in total. The number of ether oxygens (including phenoxy) is 1. The molecule has 0 aliphatic carbocycles. The van der Waals surface area contributed by atoms with Crippen molar-refractivity contribution in [3.63, 3.8) is 0 Å². The molecule has 5 amide bonds. The lowest BCUT2D eigenvalue weighted by atomic mass is 10.0. The molecule has 2 aromatic rings. The Labute approximate surface area is 288 Å². The Balaban J connectivity index is 1.59. The zero-order valence-corrected chi connectivity index (χ0v) is 27.9. The minimum atomic E-state index is -1.37. The Morgan fingerprint density at radius 1 is 1.06 bits per heavy atom. The molecular formula is C31H45N11O8. The Morgan fingerprint density at radius 3 is 2.48 bits per heavy atom. The first-order chi connectivity index (χ1) is 24.0. The smallest absolute Gasteiger partial charge is 0.303 e. The number of primary amides is 1. The van der Waals surface area contributed by atoms with Gasteiger partial charge in [-0.05, 0) is 57.4 Å². The maximum absolute atomic E-state index is 13.7. The van der Waals surface area contributed by atoms with Crippen LogP contribution in [0, 0.1) is 0 Å². The van der Waals surface area contributed by atoms with E-state index < -0.39 is 66.1 Å². The van der Waals surface area contributed by atoms with Crippen LogP contribution in [0.2, 0.25) is 0 Å². The molecule has 0 bridgehead atoms. The van der Waals surface area contributed by atoms with E-state index in [2.05, 4.69) is 41.8 Å². The van der Waals surface area contributed by atoms with E-state index >= 15 is 0 Å². The molecule has 272 valence electrons.